The number of hydrogen-bond donors (Lipinski definition) is 0. The minimum Gasteiger partial charge on any atom is -0.465 e. The Balaban J connectivity index is 1.63. The summed E-state index contributed by atoms with van der Waals surface area (Å²) in [4.78, 5) is 30.4. The van der Waals surface area contributed by atoms with Gasteiger partial charge in [-0.05, 0) is 48.8 Å². The molecule has 2 atom stereocenters. The van der Waals surface area contributed by atoms with Crippen LogP contribution in [-0.4, -0.2) is 33.1 Å². The summed E-state index contributed by atoms with van der Waals surface area (Å²) in [6, 6.07) is 23.5. The maximum Gasteiger partial charge on any atom is 0.317 e. The molecule has 6 heteroatoms. The van der Waals surface area contributed by atoms with Crippen LogP contribution in [0.2, 0.25) is 0 Å². The van der Waals surface area contributed by atoms with Gasteiger partial charge in [-0.1, -0.05) is 54.6 Å². The number of para-hydroxylation sites is 1. The molecule has 2 heterocycles. The van der Waals surface area contributed by atoms with Crippen molar-refractivity contribution in [1.29, 1.82) is 0 Å². The van der Waals surface area contributed by atoms with Crippen LogP contribution in [0.4, 0.5) is 0 Å². The third kappa shape index (κ3) is 4.55. The molecule has 0 N–H and O–H groups in total. The lowest BCUT2D eigenvalue weighted by Crippen LogP contribution is -2.34. The highest BCUT2D eigenvalue weighted by molar-refractivity contribution is 6.11. The molecule has 0 fully saturated rings. The number of nitrogens with zero attached hydrogens (tertiary/aromatic N) is 3. The van der Waals surface area contributed by atoms with Gasteiger partial charge in [0.2, 0.25) is 0 Å². The Hall–Kier alpha value is -4.32. The summed E-state index contributed by atoms with van der Waals surface area (Å²) in [5.74, 6) is -2.03. The molecule has 0 amide bonds. The van der Waals surface area contributed by atoms with Crippen molar-refractivity contribution >= 4 is 17.3 Å². The summed E-state index contributed by atoms with van der Waals surface area (Å²) < 4.78 is 7.11. The first-order valence-electron chi connectivity index (χ1n) is 11.7. The highest BCUT2D eigenvalue weighted by Gasteiger charge is 2.40. The quantitative estimate of drug-likeness (QED) is 0.288. The van der Waals surface area contributed by atoms with E-state index in [1.54, 1.807) is 25.4 Å². The normalized spacial score (nSPS) is 17.6. The van der Waals surface area contributed by atoms with Crippen LogP contribution in [0.5, 0.6) is 0 Å². The number of carbonyl (C=O) groups excluding carboxylic acids is 2. The molecule has 174 valence electrons. The zero-order chi connectivity index (χ0) is 24.2. The summed E-state index contributed by atoms with van der Waals surface area (Å²) in [5, 5.41) is 4.89. The van der Waals surface area contributed by atoms with Gasteiger partial charge in [0.1, 0.15) is 11.6 Å². The molecule has 1 aliphatic carbocycles. The Morgan fingerprint density at radius 1 is 1.03 bits per heavy atom. The van der Waals surface area contributed by atoms with Crippen molar-refractivity contribution < 1.29 is 14.3 Å². The van der Waals surface area contributed by atoms with Gasteiger partial charge in [-0.2, -0.15) is 5.10 Å². The molecular weight excluding hydrogens is 438 g/mol. The van der Waals surface area contributed by atoms with Crippen molar-refractivity contribution in [2.24, 2.45) is 5.92 Å². The number of ether oxygens (including phenoxy) is 1. The van der Waals surface area contributed by atoms with Crippen LogP contribution < -0.4 is 0 Å². The van der Waals surface area contributed by atoms with Gasteiger partial charge in [0.15, 0.2) is 5.78 Å². The number of benzene rings is 2. The summed E-state index contributed by atoms with van der Waals surface area (Å²) >= 11 is 0. The molecule has 0 saturated carbocycles. The Morgan fingerprint density at radius 2 is 1.77 bits per heavy atom. The van der Waals surface area contributed by atoms with E-state index in [0.717, 1.165) is 33.6 Å². The number of ketones is 1. The maximum absolute atomic E-state index is 13.4. The van der Waals surface area contributed by atoms with Crippen LogP contribution in [0.3, 0.4) is 0 Å². The second-order valence-electron chi connectivity index (χ2n) is 8.44. The zero-order valence-corrected chi connectivity index (χ0v) is 19.4. The molecule has 0 spiro atoms. The molecule has 0 saturated heterocycles. The molecule has 35 heavy (non-hydrogen) atoms. The smallest absolute Gasteiger partial charge is 0.317 e. The van der Waals surface area contributed by atoms with E-state index in [0.29, 0.717) is 6.42 Å². The molecule has 6 nitrogen and oxygen atoms in total. The SMILES string of the molecule is CCOC(=O)C1C(=O)C=C(c2cn(-c3ccccc3)nc2-c2ccccc2)CC1c1cccnc1. The van der Waals surface area contributed by atoms with Gasteiger partial charge >= 0.3 is 5.97 Å². The van der Waals surface area contributed by atoms with E-state index in [-0.39, 0.29) is 18.3 Å². The fourth-order valence-electron chi connectivity index (χ4n) is 4.61. The second-order valence-corrected chi connectivity index (χ2v) is 8.44. The summed E-state index contributed by atoms with van der Waals surface area (Å²) in [6.07, 6.45) is 7.44. The third-order valence-corrected chi connectivity index (χ3v) is 6.25. The highest BCUT2D eigenvalue weighted by atomic mass is 16.5. The van der Waals surface area contributed by atoms with E-state index in [9.17, 15) is 9.59 Å². The number of rotatable bonds is 6. The van der Waals surface area contributed by atoms with Crippen LogP contribution in [0.15, 0.2) is 97.5 Å². The Labute approximate surface area is 203 Å². The lowest BCUT2D eigenvalue weighted by Gasteiger charge is -2.29. The Bertz CT molecular complexity index is 1360. The zero-order valence-electron chi connectivity index (χ0n) is 19.4. The Morgan fingerprint density at radius 3 is 2.46 bits per heavy atom. The van der Waals surface area contributed by atoms with Gasteiger partial charge in [-0.3, -0.25) is 14.6 Å². The van der Waals surface area contributed by atoms with Gasteiger partial charge in [-0.25, -0.2) is 4.68 Å². The van der Waals surface area contributed by atoms with E-state index in [4.69, 9.17) is 9.84 Å². The van der Waals surface area contributed by atoms with E-state index in [1.807, 2.05) is 83.7 Å². The first-order valence-corrected chi connectivity index (χ1v) is 11.7. The van der Waals surface area contributed by atoms with E-state index in [1.165, 1.54) is 0 Å². The standard InChI is InChI=1S/C29H25N3O3/c1-2-35-29(34)27-24(21-12-9-15-30-18-21)16-22(17-26(27)33)25-19-32(23-13-7-4-8-14-23)31-28(25)20-10-5-3-6-11-20/h3-15,17-19,24,27H,2,16H2,1H3. The number of hydrogen-bond acceptors (Lipinski definition) is 5. The molecule has 1 aliphatic rings. The number of aromatic nitrogens is 3. The predicted molar refractivity (Wildman–Crippen MR) is 134 cm³/mol. The van der Waals surface area contributed by atoms with Crippen LogP contribution in [0, 0.1) is 5.92 Å². The van der Waals surface area contributed by atoms with Gasteiger partial charge in [0.05, 0.1) is 12.3 Å². The first kappa shape index (κ1) is 22.5. The molecule has 0 radical (unpaired) electrons. The van der Waals surface area contributed by atoms with E-state index in [2.05, 4.69) is 4.98 Å². The van der Waals surface area contributed by atoms with E-state index >= 15 is 0 Å². The second kappa shape index (κ2) is 9.89. The molecule has 2 aromatic carbocycles. The lowest BCUT2D eigenvalue weighted by molar-refractivity contribution is -0.151. The molecule has 5 rings (SSSR count). The predicted octanol–water partition coefficient (Wildman–Crippen LogP) is 5.25. The average molecular weight is 464 g/mol. The van der Waals surface area contributed by atoms with Crippen LogP contribution >= 0.6 is 0 Å². The van der Waals surface area contributed by atoms with Gasteiger partial charge in [-0.15, -0.1) is 0 Å². The van der Waals surface area contributed by atoms with Gasteiger partial charge in [0, 0.05) is 35.6 Å². The fourth-order valence-corrected chi connectivity index (χ4v) is 4.61. The Kier molecular flexibility index (Phi) is 6.35. The highest BCUT2D eigenvalue weighted by Crippen LogP contribution is 2.42. The number of carbonyl (C=O) groups is 2. The minimum atomic E-state index is -0.896. The molecule has 0 aliphatic heterocycles. The van der Waals surface area contributed by atoms with Gasteiger partial charge < -0.3 is 4.74 Å². The number of pyridine rings is 1. The average Bonchev–Trinajstić information content (AvgIpc) is 3.35. The van der Waals surface area contributed by atoms with Crippen molar-refractivity contribution in [1.82, 2.24) is 14.8 Å². The molecular formula is C29H25N3O3. The van der Waals surface area contributed by atoms with Crippen molar-refractivity contribution in [2.75, 3.05) is 6.61 Å². The van der Waals surface area contributed by atoms with Crippen LogP contribution in [0.25, 0.3) is 22.5 Å². The minimum absolute atomic E-state index is 0.223. The third-order valence-electron chi connectivity index (χ3n) is 6.25. The van der Waals surface area contributed by atoms with Gasteiger partial charge in [0.25, 0.3) is 0 Å². The molecule has 4 aromatic rings. The van der Waals surface area contributed by atoms with Crippen molar-refractivity contribution in [3.8, 4) is 16.9 Å². The van der Waals surface area contributed by atoms with Crippen molar-refractivity contribution in [3.05, 3.63) is 109 Å². The van der Waals surface area contributed by atoms with Crippen LogP contribution in [0.1, 0.15) is 30.4 Å². The van der Waals surface area contributed by atoms with Crippen LogP contribution in [-0.2, 0) is 14.3 Å². The number of esters is 1. The fraction of sp³-hybridized carbons (Fsp3) is 0.172. The summed E-state index contributed by atoms with van der Waals surface area (Å²) in [7, 11) is 0. The van der Waals surface area contributed by atoms with E-state index < -0.39 is 11.9 Å². The number of allylic oxidation sites excluding steroid dienone is 2. The largest absolute Gasteiger partial charge is 0.465 e. The summed E-state index contributed by atoms with van der Waals surface area (Å²) in [6.45, 7) is 1.97. The monoisotopic (exact) mass is 463 g/mol. The van der Waals surface area contributed by atoms with Crippen molar-refractivity contribution in [2.45, 2.75) is 19.3 Å². The molecule has 2 aromatic heterocycles. The lowest BCUT2D eigenvalue weighted by atomic mass is 9.74. The molecule has 0 bridgehead atoms. The topological polar surface area (TPSA) is 74.1 Å². The molecule has 2 unspecified atom stereocenters. The first-order chi connectivity index (χ1) is 17.2. The van der Waals surface area contributed by atoms with Crippen molar-refractivity contribution in [3.63, 3.8) is 0 Å². The maximum atomic E-state index is 13.4. The summed E-state index contributed by atoms with van der Waals surface area (Å²) in [5.41, 5.74) is 5.20.